The van der Waals surface area contributed by atoms with Gasteiger partial charge in [0.25, 0.3) is 10.0 Å². The maximum atomic E-state index is 13.6. The van der Waals surface area contributed by atoms with Crippen LogP contribution in [0.5, 0.6) is 0 Å². The summed E-state index contributed by atoms with van der Waals surface area (Å²) in [5.74, 6) is 0. The van der Waals surface area contributed by atoms with Crippen molar-refractivity contribution in [3.63, 3.8) is 0 Å². The van der Waals surface area contributed by atoms with Gasteiger partial charge in [0.05, 0.1) is 10.6 Å². The zero-order valence-corrected chi connectivity index (χ0v) is 17.0. The fourth-order valence-corrected chi connectivity index (χ4v) is 4.81. The molecule has 5 nitrogen and oxygen atoms in total. The van der Waals surface area contributed by atoms with Crippen molar-refractivity contribution in [3.05, 3.63) is 102 Å². The summed E-state index contributed by atoms with van der Waals surface area (Å²) in [5, 5.41) is 8.04. The van der Waals surface area contributed by atoms with E-state index in [2.05, 4.69) is 10.4 Å². The second-order valence-corrected chi connectivity index (χ2v) is 8.86. The van der Waals surface area contributed by atoms with Gasteiger partial charge in [0.1, 0.15) is 6.04 Å². The van der Waals surface area contributed by atoms with Crippen LogP contribution in [-0.4, -0.2) is 31.6 Å². The van der Waals surface area contributed by atoms with Crippen molar-refractivity contribution in [1.29, 1.82) is 0 Å². The fraction of sp³-hybridized carbons (Fsp3) is 0.174. The van der Waals surface area contributed by atoms with E-state index in [1.54, 1.807) is 12.1 Å². The molecule has 0 fully saturated rings. The quantitative estimate of drug-likeness (QED) is 0.719. The third-order valence-corrected chi connectivity index (χ3v) is 6.67. The Morgan fingerprint density at radius 1 is 0.897 bits per heavy atom. The molecule has 0 aromatic heterocycles. The summed E-state index contributed by atoms with van der Waals surface area (Å²) >= 11 is 0. The van der Waals surface area contributed by atoms with Gasteiger partial charge in [-0.25, -0.2) is 0 Å². The standard InChI is InChI=1S/C23H23N3O2S/c1-18-12-14-21(15-13-18)29(27,28)26-23(20-10-6-3-7-11-20)17-24-16-22(25-26)19-8-4-2-5-9-19/h2-15,23-24H,16-17H2,1H3. The Bertz CT molecular complexity index is 1100. The molecule has 29 heavy (non-hydrogen) atoms. The number of sulfonamides is 1. The zero-order valence-electron chi connectivity index (χ0n) is 16.2. The number of nitrogens with zero attached hydrogens (tertiary/aromatic N) is 2. The van der Waals surface area contributed by atoms with E-state index in [1.165, 1.54) is 4.41 Å². The molecule has 0 saturated carbocycles. The second kappa shape index (κ2) is 8.19. The Hall–Kier alpha value is -2.96. The van der Waals surface area contributed by atoms with E-state index in [9.17, 15) is 8.42 Å². The van der Waals surface area contributed by atoms with Gasteiger partial charge in [0.15, 0.2) is 0 Å². The average molecular weight is 406 g/mol. The SMILES string of the molecule is Cc1ccc(S(=O)(=O)N2N=C(c3ccccc3)CNCC2c2ccccc2)cc1. The minimum atomic E-state index is -3.83. The van der Waals surface area contributed by atoms with Crippen LogP contribution >= 0.6 is 0 Å². The molecule has 4 rings (SSSR count). The van der Waals surface area contributed by atoms with Crippen LogP contribution in [0, 0.1) is 6.92 Å². The van der Waals surface area contributed by atoms with E-state index >= 15 is 0 Å². The predicted molar refractivity (Wildman–Crippen MR) is 115 cm³/mol. The van der Waals surface area contributed by atoms with E-state index in [1.807, 2.05) is 79.7 Å². The molecule has 0 aliphatic carbocycles. The first-order valence-corrected chi connectivity index (χ1v) is 11.0. The van der Waals surface area contributed by atoms with Crippen molar-refractivity contribution < 1.29 is 8.42 Å². The van der Waals surface area contributed by atoms with E-state index < -0.39 is 16.1 Å². The Morgan fingerprint density at radius 3 is 2.17 bits per heavy atom. The van der Waals surface area contributed by atoms with E-state index in [0.29, 0.717) is 18.8 Å². The molecule has 148 valence electrons. The van der Waals surface area contributed by atoms with Crippen LogP contribution in [0.25, 0.3) is 0 Å². The number of hydrogen-bond acceptors (Lipinski definition) is 4. The lowest BCUT2D eigenvalue weighted by Crippen LogP contribution is -2.34. The lowest BCUT2D eigenvalue weighted by molar-refractivity contribution is 0.338. The second-order valence-electron chi connectivity index (χ2n) is 7.06. The molecule has 1 unspecified atom stereocenters. The van der Waals surface area contributed by atoms with Crippen LogP contribution in [0.3, 0.4) is 0 Å². The van der Waals surface area contributed by atoms with Gasteiger partial charge in [-0.15, -0.1) is 0 Å². The molecule has 1 aliphatic heterocycles. The molecule has 6 heteroatoms. The summed E-state index contributed by atoms with van der Waals surface area (Å²) in [6, 6.07) is 25.8. The van der Waals surface area contributed by atoms with Crippen LogP contribution in [0.2, 0.25) is 0 Å². The normalized spacial score (nSPS) is 17.5. The summed E-state index contributed by atoms with van der Waals surface area (Å²) in [6.45, 7) is 2.90. The number of rotatable bonds is 4. The third kappa shape index (κ3) is 4.09. The molecule has 0 saturated heterocycles. The van der Waals surface area contributed by atoms with Crippen molar-refractivity contribution in [2.75, 3.05) is 13.1 Å². The highest BCUT2D eigenvalue weighted by atomic mass is 32.2. The first-order chi connectivity index (χ1) is 14.1. The summed E-state index contributed by atoms with van der Waals surface area (Å²) < 4.78 is 28.5. The number of aryl methyl sites for hydroxylation is 1. The largest absolute Gasteiger partial charge is 0.309 e. The van der Waals surface area contributed by atoms with Crippen LogP contribution < -0.4 is 5.32 Å². The van der Waals surface area contributed by atoms with Crippen LogP contribution in [0.1, 0.15) is 22.7 Å². The van der Waals surface area contributed by atoms with Gasteiger partial charge in [-0.3, -0.25) is 0 Å². The molecule has 3 aromatic carbocycles. The lowest BCUT2D eigenvalue weighted by Gasteiger charge is -2.27. The highest BCUT2D eigenvalue weighted by Gasteiger charge is 2.33. The van der Waals surface area contributed by atoms with Gasteiger partial charge >= 0.3 is 0 Å². The summed E-state index contributed by atoms with van der Waals surface area (Å²) in [5.41, 5.74) is 3.50. The average Bonchev–Trinajstić information content (AvgIpc) is 2.99. The first kappa shape index (κ1) is 19.4. The van der Waals surface area contributed by atoms with Crippen molar-refractivity contribution in [3.8, 4) is 0 Å². The zero-order chi connectivity index (χ0) is 20.3. The molecule has 3 aromatic rings. The van der Waals surface area contributed by atoms with Gasteiger partial charge < -0.3 is 5.32 Å². The van der Waals surface area contributed by atoms with E-state index in [4.69, 9.17) is 0 Å². The summed E-state index contributed by atoms with van der Waals surface area (Å²) in [7, 11) is -3.83. The molecule has 0 amide bonds. The predicted octanol–water partition coefficient (Wildman–Crippen LogP) is 3.73. The molecule has 0 radical (unpaired) electrons. The summed E-state index contributed by atoms with van der Waals surface area (Å²) in [4.78, 5) is 0.238. The monoisotopic (exact) mass is 405 g/mol. The maximum Gasteiger partial charge on any atom is 0.279 e. The van der Waals surface area contributed by atoms with Crippen molar-refractivity contribution >= 4 is 15.7 Å². The number of benzene rings is 3. The van der Waals surface area contributed by atoms with Gasteiger partial charge in [0.2, 0.25) is 0 Å². The first-order valence-electron chi connectivity index (χ1n) is 9.55. The molecular formula is C23H23N3O2S. The molecule has 1 atom stereocenters. The van der Waals surface area contributed by atoms with Crippen molar-refractivity contribution in [2.45, 2.75) is 17.9 Å². The molecule has 1 aliphatic rings. The minimum absolute atomic E-state index is 0.238. The van der Waals surface area contributed by atoms with Gasteiger partial charge in [-0.1, -0.05) is 78.4 Å². The molecule has 0 bridgehead atoms. The minimum Gasteiger partial charge on any atom is -0.309 e. The molecule has 1 heterocycles. The number of hydrazone groups is 1. The topological polar surface area (TPSA) is 61.8 Å². The van der Waals surface area contributed by atoms with Crippen LogP contribution in [0.15, 0.2) is 94.9 Å². The maximum absolute atomic E-state index is 13.6. The molecular weight excluding hydrogens is 382 g/mol. The van der Waals surface area contributed by atoms with E-state index in [-0.39, 0.29) is 4.90 Å². The number of hydrogen-bond donors (Lipinski definition) is 1. The fourth-order valence-electron chi connectivity index (χ4n) is 3.38. The molecule has 1 N–H and O–H groups in total. The highest BCUT2D eigenvalue weighted by Crippen LogP contribution is 2.29. The highest BCUT2D eigenvalue weighted by molar-refractivity contribution is 7.89. The Labute approximate surface area is 171 Å². The Morgan fingerprint density at radius 2 is 1.52 bits per heavy atom. The summed E-state index contributed by atoms with van der Waals surface area (Å²) in [6.07, 6.45) is 0. The lowest BCUT2D eigenvalue weighted by atomic mass is 10.1. The Kier molecular flexibility index (Phi) is 5.47. The van der Waals surface area contributed by atoms with Crippen molar-refractivity contribution in [1.82, 2.24) is 9.73 Å². The number of nitrogens with one attached hydrogen (secondary N) is 1. The Balaban J connectivity index is 1.85. The van der Waals surface area contributed by atoms with Crippen molar-refractivity contribution in [2.24, 2.45) is 5.10 Å². The smallest absolute Gasteiger partial charge is 0.279 e. The van der Waals surface area contributed by atoms with E-state index in [0.717, 1.165) is 16.7 Å². The molecule has 0 spiro atoms. The van der Waals surface area contributed by atoms with Crippen LogP contribution in [-0.2, 0) is 10.0 Å². The van der Waals surface area contributed by atoms with Gasteiger partial charge in [0, 0.05) is 13.1 Å². The third-order valence-electron chi connectivity index (χ3n) is 4.97. The van der Waals surface area contributed by atoms with Gasteiger partial charge in [-0.2, -0.15) is 17.9 Å². The van der Waals surface area contributed by atoms with Gasteiger partial charge in [-0.05, 0) is 30.2 Å². The van der Waals surface area contributed by atoms with Crippen LogP contribution in [0.4, 0.5) is 0 Å².